The molecule has 2 aromatic carbocycles. The quantitative estimate of drug-likeness (QED) is 0.364. The topological polar surface area (TPSA) is 86.0 Å². The van der Waals surface area contributed by atoms with Crippen molar-refractivity contribution in [2.24, 2.45) is 0 Å². The second kappa shape index (κ2) is 10.1. The van der Waals surface area contributed by atoms with Gasteiger partial charge < -0.3 is 19.5 Å². The summed E-state index contributed by atoms with van der Waals surface area (Å²) in [6, 6.07) is 15.1. The molecule has 190 valence electrons. The number of fused-ring (bicyclic) bond motifs is 1. The summed E-state index contributed by atoms with van der Waals surface area (Å²) in [5.41, 5.74) is 3.01. The van der Waals surface area contributed by atoms with Crippen LogP contribution in [0.4, 0.5) is 4.79 Å². The summed E-state index contributed by atoms with van der Waals surface area (Å²) in [4.78, 5) is 47.2. The Bertz CT molecular complexity index is 1280. The Hall–Kier alpha value is -3.65. The highest BCUT2D eigenvalue weighted by atomic mass is 16.5. The minimum atomic E-state index is -1.03. The van der Waals surface area contributed by atoms with Crippen LogP contribution in [0.15, 0.2) is 48.5 Å². The van der Waals surface area contributed by atoms with Gasteiger partial charge in [-0.1, -0.05) is 36.4 Å². The van der Waals surface area contributed by atoms with E-state index in [0.29, 0.717) is 25.1 Å². The fraction of sp³-hybridized carbons (Fsp3) is 0.393. The number of carbonyl (C=O) groups is 3. The Morgan fingerprint density at radius 3 is 2.47 bits per heavy atom. The first kappa shape index (κ1) is 25.4. The van der Waals surface area contributed by atoms with Crippen LogP contribution in [0, 0.1) is 0 Å². The zero-order valence-electron chi connectivity index (χ0n) is 21.6. The molecular weight excluding hydrogens is 456 g/mol. The first-order chi connectivity index (χ1) is 17.2. The Morgan fingerprint density at radius 1 is 1.08 bits per heavy atom. The fourth-order valence-electron chi connectivity index (χ4n) is 4.81. The van der Waals surface area contributed by atoms with E-state index in [1.807, 2.05) is 62.6 Å². The van der Waals surface area contributed by atoms with Gasteiger partial charge in [0.15, 0.2) is 0 Å². The molecule has 1 N–H and O–H groups in total. The molecule has 3 amide bonds. The predicted molar refractivity (Wildman–Crippen MR) is 139 cm³/mol. The van der Waals surface area contributed by atoms with Gasteiger partial charge in [0, 0.05) is 31.0 Å². The SMILES string of the molecule is CCOC(=O)c1[nH]c2ccc(CCN3C(=O)N(C)C(C)(c4ccccc4)C3=O)cc2c1CCN(C)C. The molecule has 1 aromatic heterocycles. The summed E-state index contributed by atoms with van der Waals surface area (Å²) in [6.07, 6.45) is 1.20. The van der Waals surface area contributed by atoms with Gasteiger partial charge in [-0.2, -0.15) is 0 Å². The van der Waals surface area contributed by atoms with Gasteiger partial charge in [-0.3, -0.25) is 9.69 Å². The second-order valence-corrected chi connectivity index (χ2v) is 9.62. The minimum Gasteiger partial charge on any atom is -0.461 e. The number of likely N-dealkylation sites (N-methyl/N-ethyl adjacent to an activating group) is 2. The number of esters is 1. The summed E-state index contributed by atoms with van der Waals surface area (Å²) >= 11 is 0. The molecule has 0 bridgehead atoms. The van der Waals surface area contributed by atoms with E-state index in [1.54, 1.807) is 20.9 Å². The van der Waals surface area contributed by atoms with Gasteiger partial charge in [-0.25, -0.2) is 9.59 Å². The second-order valence-electron chi connectivity index (χ2n) is 9.62. The van der Waals surface area contributed by atoms with E-state index in [9.17, 15) is 14.4 Å². The van der Waals surface area contributed by atoms with Crippen molar-refractivity contribution in [2.45, 2.75) is 32.2 Å². The zero-order chi connectivity index (χ0) is 26.0. The highest BCUT2D eigenvalue weighted by molar-refractivity contribution is 6.07. The average Bonchev–Trinajstić information content (AvgIpc) is 3.31. The van der Waals surface area contributed by atoms with Crippen LogP contribution in [0.3, 0.4) is 0 Å². The molecule has 1 fully saturated rings. The average molecular weight is 491 g/mol. The number of nitrogens with one attached hydrogen (secondary N) is 1. The molecule has 36 heavy (non-hydrogen) atoms. The third kappa shape index (κ3) is 4.48. The summed E-state index contributed by atoms with van der Waals surface area (Å²) < 4.78 is 5.27. The predicted octanol–water partition coefficient (Wildman–Crippen LogP) is 3.80. The number of hydrogen-bond donors (Lipinski definition) is 1. The standard InChI is InChI=1S/C28H34N4O4/c1-6-36-25(33)24-21(15-16-30(3)4)22-18-19(12-13-23(22)29-24)14-17-32-26(34)28(2,31(5)27(32)35)20-10-8-7-9-11-20/h7-13,18,29H,6,14-17H2,1-5H3. The van der Waals surface area contributed by atoms with Crippen LogP contribution in [0.2, 0.25) is 0 Å². The lowest BCUT2D eigenvalue weighted by atomic mass is 9.91. The molecule has 8 heteroatoms. The van der Waals surface area contributed by atoms with E-state index in [-0.39, 0.29) is 24.5 Å². The molecule has 0 radical (unpaired) electrons. The Kier molecular flexibility index (Phi) is 7.17. The molecule has 0 saturated carbocycles. The molecule has 0 spiro atoms. The van der Waals surface area contributed by atoms with E-state index < -0.39 is 5.54 Å². The first-order valence-electron chi connectivity index (χ1n) is 12.3. The minimum absolute atomic E-state index is 0.222. The van der Waals surface area contributed by atoms with Crippen molar-refractivity contribution in [1.29, 1.82) is 0 Å². The number of rotatable bonds is 9. The first-order valence-corrected chi connectivity index (χ1v) is 12.3. The van der Waals surface area contributed by atoms with Crippen molar-refractivity contribution in [1.82, 2.24) is 19.7 Å². The third-order valence-electron chi connectivity index (χ3n) is 7.07. The normalized spacial score (nSPS) is 18.1. The monoisotopic (exact) mass is 490 g/mol. The number of amides is 3. The van der Waals surface area contributed by atoms with Crippen LogP contribution < -0.4 is 0 Å². The number of nitrogens with zero attached hydrogens (tertiary/aromatic N) is 3. The number of hydrogen-bond acceptors (Lipinski definition) is 5. The van der Waals surface area contributed by atoms with Crippen LogP contribution >= 0.6 is 0 Å². The number of H-pyrrole nitrogens is 1. The van der Waals surface area contributed by atoms with Gasteiger partial charge in [0.2, 0.25) is 0 Å². The Morgan fingerprint density at radius 2 is 1.81 bits per heavy atom. The number of aromatic nitrogens is 1. The summed E-state index contributed by atoms with van der Waals surface area (Å²) in [7, 11) is 5.66. The maximum Gasteiger partial charge on any atom is 0.355 e. The molecule has 8 nitrogen and oxygen atoms in total. The number of ether oxygens (including phenoxy) is 1. The largest absolute Gasteiger partial charge is 0.461 e. The maximum absolute atomic E-state index is 13.4. The number of aromatic amines is 1. The Balaban J connectivity index is 1.59. The Labute approximate surface area is 211 Å². The molecule has 4 rings (SSSR count). The van der Waals surface area contributed by atoms with E-state index in [2.05, 4.69) is 9.88 Å². The molecule has 1 aliphatic rings. The van der Waals surface area contributed by atoms with Crippen molar-refractivity contribution in [3.8, 4) is 0 Å². The molecule has 1 saturated heterocycles. The molecule has 1 atom stereocenters. The van der Waals surface area contributed by atoms with Gasteiger partial charge >= 0.3 is 12.0 Å². The fourth-order valence-corrected chi connectivity index (χ4v) is 4.81. The van der Waals surface area contributed by atoms with Crippen LogP contribution in [0.25, 0.3) is 10.9 Å². The van der Waals surface area contributed by atoms with Crippen LogP contribution in [-0.4, -0.2) is 78.4 Å². The zero-order valence-corrected chi connectivity index (χ0v) is 21.6. The van der Waals surface area contributed by atoms with Gasteiger partial charge in [0.1, 0.15) is 11.2 Å². The van der Waals surface area contributed by atoms with Crippen molar-refractivity contribution in [3.05, 3.63) is 70.9 Å². The maximum atomic E-state index is 13.4. The van der Waals surface area contributed by atoms with E-state index in [4.69, 9.17) is 4.74 Å². The smallest absolute Gasteiger partial charge is 0.355 e. The highest BCUT2D eigenvalue weighted by Crippen LogP contribution is 2.36. The van der Waals surface area contributed by atoms with Crippen LogP contribution in [0.5, 0.6) is 0 Å². The van der Waals surface area contributed by atoms with Gasteiger partial charge in [-0.15, -0.1) is 0 Å². The lowest BCUT2D eigenvalue weighted by molar-refractivity contribution is -0.132. The molecule has 2 heterocycles. The van der Waals surface area contributed by atoms with Crippen molar-refractivity contribution in [3.63, 3.8) is 0 Å². The van der Waals surface area contributed by atoms with Crippen molar-refractivity contribution in [2.75, 3.05) is 40.8 Å². The number of imide groups is 1. The lowest BCUT2D eigenvalue weighted by Gasteiger charge is -2.28. The summed E-state index contributed by atoms with van der Waals surface area (Å²) in [5.74, 6) is -0.583. The van der Waals surface area contributed by atoms with E-state index >= 15 is 0 Å². The molecule has 3 aromatic rings. The summed E-state index contributed by atoms with van der Waals surface area (Å²) in [6.45, 7) is 4.95. The highest BCUT2D eigenvalue weighted by Gasteiger charge is 2.53. The third-order valence-corrected chi connectivity index (χ3v) is 7.07. The summed E-state index contributed by atoms with van der Waals surface area (Å²) in [5, 5.41) is 0.961. The van der Waals surface area contributed by atoms with Gasteiger partial charge in [0.25, 0.3) is 5.91 Å². The van der Waals surface area contributed by atoms with Gasteiger partial charge in [0.05, 0.1) is 6.61 Å². The molecule has 1 unspecified atom stereocenters. The lowest BCUT2D eigenvalue weighted by Crippen LogP contribution is -2.42. The number of urea groups is 1. The molecular formula is C28H34N4O4. The van der Waals surface area contributed by atoms with Crippen molar-refractivity contribution >= 4 is 28.8 Å². The molecule has 1 aliphatic heterocycles. The van der Waals surface area contributed by atoms with Crippen molar-refractivity contribution < 1.29 is 19.1 Å². The van der Waals surface area contributed by atoms with Crippen LogP contribution in [-0.2, 0) is 27.9 Å². The molecule has 0 aliphatic carbocycles. The number of carbonyl (C=O) groups excluding carboxylic acids is 3. The van der Waals surface area contributed by atoms with Gasteiger partial charge in [-0.05, 0) is 69.6 Å². The number of benzene rings is 2. The van der Waals surface area contributed by atoms with E-state index in [0.717, 1.165) is 34.1 Å². The van der Waals surface area contributed by atoms with Crippen LogP contribution in [0.1, 0.15) is 41.0 Å². The van der Waals surface area contributed by atoms with E-state index in [1.165, 1.54) is 9.80 Å².